The second-order valence-corrected chi connectivity index (χ2v) is 11.3. The highest BCUT2D eigenvalue weighted by Crippen LogP contribution is 2.42. The molecule has 2 saturated heterocycles. The smallest absolute Gasteiger partial charge is 0.263 e. The van der Waals surface area contributed by atoms with Crippen molar-refractivity contribution in [1.29, 1.82) is 0 Å². The summed E-state index contributed by atoms with van der Waals surface area (Å²) in [4.78, 5) is 32.1. The van der Waals surface area contributed by atoms with E-state index in [0.29, 0.717) is 46.6 Å². The van der Waals surface area contributed by atoms with Crippen LogP contribution in [-0.2, 0) is 4.74 Å². The lowest BCUT2D eigenvalue weighted by Gasteiger charge is -2.42. The molecule has 8 nitrogen and oxygen atoms in total. The van der Waals surface area contributed by atoms with Crippen LogP contribution in [0.5, 0.6) is 11.5 Å². The Hall–Kier alpha value is -2.91. The summed E-state index contributed by atoms with van der Waals surface area (Å²) in [7, 11) is 0. The summed E-state index contributed by atoms with van der Waals surface area (Å²) in [6.07, 6.45) is 1.84. The number of halogens is 2. The molecule has 2 fully saturated rings. The zero-order chi connectivity index (χ0) is 28.1. The van der Waals surface area contributed by atoms with Crippen LogP contribution in [0.3, 0.4) is 0 Å². The molecule has 10 heteroatoms. The van der Waals surface area contributed by atoms with Gasteiger partial charge in [0.25, 0.3) is 5.56 Å². The Labute approximate surface area is 237 Å². The SMILES string of the molecule is CC(=O)c1ccc(Oc2ccc(-n3c(C)nc(N4CCC5(CC4)CO[C@@H](C)[C@H]5N)c(C)c3=O)c(Cl)c2Cl)cc1. The number of aromatic nitrogens is 2. The van der Waals surface area contributed by atoms with Crippen molar-refractivity contribution >= 4 is 34.8 Å². The maximum atomic E-state index is 13.6. The van der Waals surface area contributed by atoms with Crippen LogP contribution in [0.25, 0.3) is 5.69 Å². The monoisotopic (exact) mass is 570 g/mol. The van der Waals surface area contributed by atoms with Crippen molar-refractivity contribution in [3.05, 3.63) is 73.7 Å². The highest BCUT2D eigenvalue weighted by molar-refractivity contribution is 6.44. The van der Waals surface area contributed by atoms with Crippen LogP contribution in [0.2, 0.25) is 10.0 Å². The lowest BCUT2D eigenvalue weighted by atomic mass is 9.73. The molecule has 2 atom stereocenters. The van der Waals surface area contributed by atoms with Gasteiger partial charge in [-0.25, -0.2) is 4.98 Å². The van der Waals surface area contributed by atoms with Crippen molar-refractivity contribution in [3.8, 4) is 17.2 Å². The van der Waals surface area contributed by atoms with Crippen LogP contribution in [0.1, 0.15) is 48.4 Å². The molecule has 0 amide bonds. The fraction of sp³-hybridized carbons (Fsp3) is 0.414. The van der Waals surface area contributed by atoms with Gasteiger partial charge in [-0.15, -0.1) is 0 Å². The van der Waals surface area contributed by atoms with Gasteiger partial charge in [-0.1, -0.05) is 23.2 Å². The van der Waals surface area contributed by atoms with Gasteiger partial charge in [-0.05, 0) is 76.9 Å². The Bertz CT molecular complexity index is 1480. The summed E-state index contributed by atoms with van der Waals surface area (Å²) in [5, 5.41) is 0.349. The Morgan fingerprint density at radius 1 is 1.10 bits per heavy atom. The third-order valence-corrected chi connectivity index (χ3v) is 8.97. The van der Waals surface area contributed by atoms with Crippen molar-refractivity contribution < 1.29 is 14.3 Å². The minimum absolute atomic E-state index is 0.0159. The van der Waals surface area contributed by atoms with Gasteiger partial charge in [0.05, 0.1) is 29.0 Å². The summed E-state index contributed by atoms with van der Waals surface area (Å²) < 4.78 is 13.2. The normalized spacial score (nSPS) is 20.4. The molecule has 2 aliphatic rings. The first-order chi connectivity index (χ1) is 18.5. The molecule has 39 heavy (non-hydrogen) atoms. The highest BCUT2D eigenvalue weighted by atomic mass is 35.5. The third kappa shape index (κ3) is 4.95. The molecule has 0 saturated carbocycles. The van der Waals surface area contributed by atoms with Crippen molar-refractivity contribution in [3.63, 3.8) is 0 Å². The van der Waals surface area contributed by atoms with Crippen LogP contribution in [-0.4, -0.2) is 47.2 Å². The maximum absolute atomic E-state index is 13.6. The summed E-state index contributed by atoms with van der Waals surface area (Å²) in [6, 6.07) is 10.1. The average Bonchev–Trinajstić information content (AvgIpc) is 3.19. The molecule has 3 aromatic rings. The van der Waals surface area contributed by atoms with E-state index in [-0.39, 0.29) is 38.9 Å². The summed E-state index contributed by atoms with van der Waals surface area (Å²) in [5.41, 5.74) is 7.79. The Morgan fingerprint density at radius 2 is 1.77 bits per heavy atom. The summed E-state index contributed by atoms with van der Waals surface area (Å²) in [6.45, 7) is 9.29. The topological polar surface area (TPSA) is 99.7 Å². The van der Waals surface area contributed by atoms with E-state index in [4.69, 9.17) is 43.4 Å². The number of piperidine rings is 1. The van der Waals surface area contributed by atoms with Crippen molar-refractivity contribution in [1.82, 2.24) is 9.55 Å². The number of hydrogen-bond acceptors (Lipinski definition) is 7. The number of benzene rings is 2. The quantitative estimate of drug-likeness (QED) is 0.405. The number of rotatable bonds is 5. The number of carbonyl (C=O) groups excluding carboxylic acids is 1. The van der Waals surface area contributed by atoms with E-state index >= 15 is 0 Å². The molecular formula is C29H32Cl2N4O4. The minimum atomic E-state index is -0.209. The molecule has 0 aliphatic carbocycles. The standard InChI is InChI=1S/C29H32Cl2N4O4/c1-16-27(34-13-11-29(12-14-34)15-38-18(3)26(29)32)33-19(4)35(28(16)37)22-9-10-23(25(31)24(22)30)39-21-7-5-20(6-8-21)17(2)36/h5-10,18,26H,11-15,32H2,1-4H3/t18-,26+/m0/s1. The molecule has 1 aromatic heterocycles. The lowest BCUT2D eigenvalue weighted by Crippen LogP contribution is -2.51. The van der Waals surface area contributed by atoms with Gasteiger partial charge in [-0.2, -0.15) is 0 Å². The van der Waals surface area contributed by atoms with Crippen LogP contribution < -0.4 is 20.9 Å². The molecule has 5 rings (SSSR count). The molecule has 0 bridgehead atoms. The average molecular weight is 572 g/mol. The van der Waals surface area contributed by atoms with E-state index in [0.717, 1.165) is 25.9 Å². The van der Waals surface area contributed by atoms with Gasteiger partial charge in [0.2, 0.25) is 0 Å². The van der Waals surface area contributed by atoms with Crippen LogP contribution in [0.4, 0.5) is 5.82 Å². The first-order valence-electron chi connectivity index (χ1n) is 13.0. The van der Waals surface area contributed by atoms with E-state index in [1.165, 1.54) is 11.5 Å². The predicted octanol–water partition coefficient (Wildman–Crippen LogP) is 5.48. The third-order valence-electron chi connectivity index (χ3n) is 8.11. The first-order valence-corrected chi connectivity index (χ1v) is 13.8. The van der Waals surface area contributed by atoms with Gasteiger partial charge < -0.3 is 20.1 Å². The summed E-state index contributed by atoms with van der Waals surface area (Å²) in [5.74, 6) is 1.99. The Balaban J connectivity index is 1.40. The number of anilines is 1. The second kappa shape index (κ2) is 10.6. The van der Waals surface area contributed by atoms with Gasteiger partial charge in [0.15, 0.2) is 5.78 Å². The fourth-order valence-electron chi connectivity index (χ4n) is 5.58. The molecule has 0 radical (unpaired) electrons. The van der Waals surface area contributed by atoms with Crippen molar-refractivity contribution in [2.24, 2.45) is 11.1 Å². The number of nitrogens with zero attached hydrogens (tertiary/aromatic N) is 3. The first kappa shape index (κ1) is 27.6. The van der Waals surface area contributed by atoms with Crippen LogP contribution in [0, 0.1) is 19.3 Å². The largest absolute Gasteiger partial charge is 0.456 e. The van der Waals surface area contributed by atoms with Gasteiger partial charge in [-0.3, -0.25) is 14.2 Å². The molecule has 1 spiro atoms. The molecular weight excluding hydrogens is 539 g/mol. The van der Waals surface area contributed by atoms with Crippen LogP contribution >= 0.6 is 23.2 Å². The van der Waals surface area contributed by atoms with E-state index < -0.39 is 0 Å². The number of nitrogens with two attached hydrogens (primary N) is 1. The van der Waals surface area contributed by atoms with E-state index in [2.05, 4.69) is 4.90 Å². The number of hydrogen-bond donors (Lipinski definition) is 1. The minimum Gasteiger partial charge on any atom is -0.456 e. The van der Waals surface area contributed by atoms with E-state index in [1.54, 1.807) is 50.2 Å². The highest BCUT2D eigenvalue weighted by Gasteiger charge is 2.47. The maximum Gasteiger partial charge on any atom is 0.263 e. The fourth-order valence-corrected chi connectivity index (χ4v) is 6.02. The van der Waals surface area contributed by atoms with Gasteiger partial charge >= 0.3 is 0 Å². The Kier molecular flexibility index (Phi) is 7.50. The van der Waals surface area contributed by atoms with Gasteiger partial charge in [0, 0.05) is 30.1 Å². The van der Waals surface area contributed by atoms with Crippen molar-refractivity contribution in [2.45, 2.75) is 52.7 Å². The van der Waals surface area contributed by atoms with Gasteiger partial charge in [0.1, 0.15) is 28.2 Å². The second-order valence-electron chi connectivity index (χ2n) is 10.5. The number of ketones is 1. The lowest BCUT2D eigenvalue weighted by molar-refractivity contribution is 0.0974. The number of carbonyl (C=O) groups is 1. The molecule has 206 valence electrons. The molecule has 2 N–H and O–H groups in total. The molecule has 3 heterocycles. The molecule has 0 unspecified atom stereocenters. The van der Waals surface area contributed by atoms with Crippen molar-refractivity contribution in [2.75, 3.05) is 24.6 Å². The number of aryl methyl sites for hydroxylation is 1. The zero-order valence-electron chi connectivity index (χ0n) is 22.5. The number of ether oxygens (including phenoxy) is 2. The number of Topliss-reactive ketones (excluding diaryl/α,β-unsaturated/α-hetero) is 1. The molecule has 2 aliphatic heterocycles. The predicted molar refractivity (Wildman–Crippen MR) is 153 cm³/mol. The van der Waals surface area contributed by atoms with Crippen LogP contribution in [0.15, 0.2) is 41.2 Å². The van der Waals surface area contributed by atoms with E-state index in [1.807, 2.05) is 6.92 Å². The Morgan fingerprint density at radius 3 is 2.36 bits per heavy atom. The van der Waals surface area contributed by atoms with E-state index in [9.17, 15) is 9.59 Å². The summed E-state index contributed by atoms with van der Waals surface area (Å²) >= 11 is 13.3. The zero-order valence-corrected chi connectivity index (χ0v) is 24.0. The molecule has 2 aromatic carbocycles.